The maximum Gasteiger partial charge on any atom is 0.309 e. The number of rotatable bonds is 3. The summed E-state index contributed by atoms with van der Waals surface area (Å²) in [5.41, 5.74) is 2.33. The van der Waals surface area contributed by atoms with Crippen molar-refractivity contribution in [1.29, 1.82) is 0 Å². The number of aromatic nitrogens is 2. The average Bonchev–Trinajstić information content (AvgIpc) is 2.69. The summed E-state index contributed by atoms with van der Waals surface area (Å²) in [7, 11) is 0. The first-order chi connectivity index (χ1) is 8.06. The molecule has 2 rings (SSSR count). The Bertz CT molecular complexity index is 563. The van der Waals surface area contributed by atoms with Crippen molar-refractivity contribution in [3.63, 3.8) is 0 Å². The van der Waals surface area contributed by atoms with Gasteiger partial charge in [0.2, 0.25) is 0 Å². The zero-order chi connectivity index (χ0) is 12.4. The maximum absolute atomic E-state index is 10.5. The first-order valence-electron chi connectivity index (χ1n) is 5.09. The number of benzene rings is 1. The minimum atomic E-state index is -0.891. The predicted molar refractivity (Wildman–Crippen MR) is 64.7 cm³/mol. The van der Waals surface area contributed by atoms with Crippen LogP contribution in [0.15, 0.2) is 30.5 Å². The first kappa shape index (κ1) is 11.7. The lowest BCUT2D eigenvalue weighted by Gasteiger charge is -2.03. The van der Waals surface area contributed by atoms with Crippen LogP contribution in [0.4, 0.5) is 0 Å². The molecule has 1 aromatic carbocycles. The van der Waals surface area contributed by atoms with Gasteiger partial charge in [-0.05, 0) is 30.7 Å². The van der Waals surface area contributed by atoms with Gasteiger partial charge in [-0.3, -0.25) is 4.79 Å². The van der Waals surface area contributed by atoms with Gasteiger partial charge in [0.05, 0.1) is 17.8 Å². The lowest BCUT2D eigenvalue weighted by Crippen LogP contribution is -2.02. The molecule has 0 radical (unpaired) electrons. The molecule has 0 spiro atoms. The summed E-state index contributed by atoms with van der Waals surface area (Å²) < 4.78 is 1.61. The molecule has 17 heavy (non-hydrogen) atoms. The van der Waals surface area contributed by atoms with Gasteiger partial charge in [0.25, 0.3) is 0 Å². The van der Waals surface area contributed by atoms with Crippen molar-refractivity contribution >= 4 is 17.6 Å². The van der Waals surface area contributed by atoms with E-state index in [1.165, 1.54) is 0 Å². The topological polar surface area (TPSA) is 55.1 Å². The number of carboxylic acids is 1. The van der Waals surface area contributed by atoms with Crippen LogP contribution >= 0.6 is 11.6 Å². The van der Waals surface area contributed by atoms with Gasteiger partial charge in [0.1, 0.15) is 0 Å². The van der Waals surface area contributed by atoms with Crippen LogP contribution in [0.1, 0.15) is 11.3 Å². The molecule has 0 aliphatic heterocycles. The molecule has 0 aliphatic carbocycles. The highest BCUT2D eigenvalue weighted by molar-refractivity contribution is 6.31. The second-order valence-corrected chi connectivity index (χ2v) is 4.16. The number of halogens is 1. The Kier molecular flexibility index (Phi) is 3.15. The number of aliphatic carboxylic acids is 1. The molecule has 1 aromatic heterocycles. The van der Waals surface area contributed by atoms with Crippen molar-refractivity contribution in [2.24, 2.45) is 0 Å². The van der Waals surface area contributed by atoms with Crippen LogP contribution in [0.2, 0.25) is 5.02 Å². The molecule has 0 atom stereocenters. The van der Waals surface area contributed by atoms with Crippen LogP contribution in [0, 0.1) is 6.92 Å². The molecule has 4 nitrogen and oxygen atoms in total. The van der Waals surface area contributed by atoms with Gasteiger partial charge in [-0.15, -0.1) is 0 Å². The van der Waals surface area contributed by atoms with Crippen LogP contribution < -0.4 is 0 Å². The molecule has 0 unspecified atom stereocenters. The SMILES string of the molecule is Cc1ccc(-n2ccc(CC(=O)O)n2)cc1Cl. The minimum Gasteiger partial charge on any atom is -0.481 e. The zero-order valence-electron chi connectivity index (χ0n) is 9.22. The third-order valence-corrected chi connectivity index (χ3v) is 2.80. The van der Waals surface area contributed by atoms with Crippen molar-refractivity contribution in [3.8, 4) is 5.69 Å². The van der Waals surface area contributed by atoms with Crippen molar-refractivity contribution < 1.29 is 9.90 Å². The van der Waals surface area contributed by atoms with Crippen LogP contribution in [-0.4, -0.2) is 20.9 Å². The normalized spacial score (nSPS) is 10.5. The second kappa shape index (κ2) is 4.59. The van der Waals surface area contributed by atoms with E-state index in [0.29, 0.717) is 10.7 Å². The van der Waals surface area contributed by atoms with Gasteiger partial charge >= 0.3 is 5.97 Å². The molecule has 0 amide bonds. The lowest BCUT2D eigenvalue weighted by molar-refractivity contribution is -0.136. The van der Waals surface area contributed by atoms with E-state index in [9.17, 15) is 4.79 Å². The van der Waals surface area contributed by atoms with Gasteiger partial charge in [0.15, 0.2) is 0 Å². The molecule has 0 fully saturated rings. The van der Waals surface area contributed by atoms with Crippen LogP contribution in [0.5, 0.6) is 0 Å². The third kappa shape index (κ3) is 2.65. The summed E-state index contributed by atoms with van der Waals surface area (Å²) in [5.74, 6) is -0.891. The molecule has 1 N–H and O–H groups in total. The number of carbonyl (C=O) groups is 1. The Morgan fingerprint density at radius 1 is 1.47 bits per heavy atom. The highest BCUT2D eigenvalue weighted by atomic mass is 35.5. The molecule has 2 aromatic rings. The van der Waals surface area contributed by atoms with E-state index in [4.69, 9.17) is 16.7 Å². The van der Waals surface area contributed by atoms with E-state index in [2.05, 4.69) is 5.10 Å². The highest BCUT2D eigenvalue weighted by Gasteiger charge is 2.06. The molecule has 0 bridgehead atoms. The number of aryl methyl sites for hydroxylation is 1. The summed E-state index contributed by atoms with van der Waals surface area (Å²) in [5, 5.41) is 13.5. The van der Waals surface area contributed by atoms with Gasteiger partial charge in [0, 0.05) is 11.2 Å². The fourth-order valence-corrected chi connectivity index (χ4v) is 1.65. The number of hydrogen-bond donors (Lipinski definition) is 1. The molecule has 0 saturated carbocycles. The minimum absolute atomic E-state index is 0.0768. The fourth-order valence-electron chi connectivity index (χ4n) is 1.48. The number of hydrogen-bond acceptors (Lipinski definition) is 2. The van der Waals surface area contributed by atoms with Crippen molar-refractivity contribution in [1.82, 2.24) is 9.78 Å². The molecule has 1 heterocycles. The van der Waals surface area contributed by atoms with E-state index >= 15 is 0 Å². The summed E-state index contributed by atoms with van der Waals surface area (Å²) in [4.78, 5) is 10.5. The van der Waals surface area contributed by atoms with E-state index in [-0.39, 0.29) is 6.42 Å². The summed E-state index contributed by atoms with van der Waals surface area (Å²) in [6, 6.07) is 7.27. The molecule has 5 heteroatoms. The largest absolute Gasteiger partial charge is 0.481 e. The van der Waals surface area contributed by atoms with Gasteiger partial charge in [-0.1, -0.05) is 17.7 Å². The van der Waals surface area contributed by atoms with Crippen molar-refractivity contribution in [2.75, 3.05) is 0 Å². The molecule has 0 saturated heterocycles. The predicted octanol–water partition coefficient (Wildman–Crippen LogP) is 2.46. The van der Waals surface area contributed by atoms with E-state index in [1.807, 2.05) is 19.1 Å². The van der Waals surface area contributed by atoms with E-state index in [0.717, 1.165) is 11.3 Å². The third-order valence-electron chi connectivity index (χ3n) is 2.40. The van der Waals surface area contributed by atoms with Crippen LogP contribution in [0.3, 0.4) is 0 Å². The average molecular weight is 251 g/mol. The van der Waals surface area contributed by atoms with Crippen molar-refractivity contribution in [2.45, 2.75) is 13.3 Å². The molecular formula is C12H11ClN2O2. The Morgan fingerprint density at radius 2 is 2.24 bits per heavy atom. The van der Waals surface area contributed by atoms with E-state index < -0.39 is 5.97 Å². The summed E-state index contributed by atoms with van der Waals surface area (Å²) in [6.45, 7) is 1.92. The summed E-state index contributed by atoms with van der Waals surface area (Å²) >= 11 is 6.02. The maximum atomic E-state index is 10.5. The van der Waals surface area contributed by atoms with Gasteiger partial charge < -0.3 is 5.11 Å². The Hall–Kier alpha value is -1.81. The van der Waals surface area contributed by atoms with Gasteiger partial charge in [-0.2, -0.15) is 5.10 Å². The summed E-state index contributed by atoms with van der Waals surface area (Å²) in [6.07, 6.45) is 1.64. The zero-order valence-corrected chi connectivity index (χ0v) is 9.98. The monoisotopic (exact) mass is 250 g/mol. The molecule has 88 valence electrons. The molecule has 0 aliphatic rings. The quantitative estimate of drug-likeness (QED) is 0.910. The smallest absolute Gasteiger partial charge is 0.309 e. The Morgan fingerprint density at radius 3 is 2.88 bits per heavy atom. The van der Waals surface area contributed by atoms with Crippen LogP contribution in [-0.2, 0) is 11.2 Å². The van der Waals surface area contributed by atoms with Crippen LogP contribution in [0.25, 0.3) is 5.69 Å². The molecular weight excluding hydrogens is 240 g/mol. The van der Waals surface area contributed by atoms with Crippen molar-refractivity contribution in [3.05, 3.63) is 46.7 Å². The number of carboxylic acid groups (broad SMARTS) is 1. The second-order valence-electron chi connectivity index (χ2n) is 3.76. The first-order valence-corrected chi connectivity index (χ1v) is 5.47. The fraction of sp³-hybridized carbons (Fsp3) is 0.167. The van der Waals surface area contributed by atoms with Gasteiger partial charge in [-0.25, -0.2) is 4.68 Å². The number of nitrogens with zero attached hydrogens (tertiary/aromatic N) is 2. The van der Waals surface area contributed by atoms with E-state index in [1.54, 1.807) is 23.0 Å². The highest BCUT2D eigenvalue weighted by Crippen LogP contribution is 2.19. The Balaban J connectivity index is 2.30. The lowest BCUT2D eigenvalue weighted by atomic mass is 10.2. The standard InChI is InChI=1S/C12H11ClN2O2/c1-8-2-3-10(7-11(8)13)15-5-4-9(14-15)6-12(16)17/h2-5,7H,6H2,1H3,(H,16,17). The Labute approximate surface area is 103 Å².